The summed E-state index contributed by atoms with van der Waals surface area (Å²) in [6.07, 6.45) is 3.53. The van der Waals surface area contributed by atoms with Crippen LogP contribution in [0.2, 0.25) is 0 Å². The fourth-order valence-corrected chi connectivity index (χ4v) is 2.14. The Bertz CT molecular complexity index is 634. The second kappa shape index (κ2) is 7.24. The Labute approximate surface area is 136 Å². The number of nitrogens with one attached hydrogen (secondary N) is 2. The highest BCUT2D eigenvalue weighted by molar-refractivity contribution is 5.74. The second-order valence-corrected chi connectivity index (χ2v) is 6.22. The fourth-order valence-electron chi connectivity index (χ4n) is 2.14. The molecule has 0 fully saturated rings. The number of hydrogen-bond donors (Lipinski definition) is 3. The summed E-state index contributed by atoms with van der Waals surface area (Å²) in [5, 5.41) is 15.1. The lowest BCUT2D eigenvalue weighted by atomic mass is 10.0. The maximum absolute atomic E-state index is 11.8. The molecule has 0 aliphatic rings. The lowest BCUT2D eigenvalue weighted by molar-refractivity contribution is 0.0818. The molecule has 2 amide bonds. The SMILES string of the molecule is C[C@@H](NC(=O)NCC(C)(C)O)c1ccc(-c2ccncc2)cc1. The van der Waals surface area contributed by atoms with Gasteiger partial charge in [0, 0.05) is 18.9 Å². The number of hydrogen-bond acceptors (Lipinski definition) is 3. The minimum Gasteiger partial charge on any atom is -0.389 e. The Balaban J connectivity index is 1.95. The molecule has 0 bridgehead atoms. The number of aromatic nitrogens is 1. The van der Waals surface area contributed by atoms with Crippen LogP contribution in [0, 0.1) is 0 Å². The molecule has 1 heterocycles. The molecule has 0 unspecified atom stereocenters. The highest BCUT2D eigenvalue weighted by Gasteiger charge is 2.15. The van der Waals surface area contributed by atoms with E-state index in [0.29, 0.717) is 0 Å². The van der Waals surface area contributed by atoms with Gasteiger partial charge >= 0.3 is 6.03 Å². The summed E-state index contributed by atoms with van der Waals surface area (Å²) in [4.78, 5) is 15.8. The third-order valence-corrected chi connectivity index (χ3v) is 3.45. The minimum absolute atomic E-state index is 0.122. The van der Waals surface area contributed by atoms with E-state index < -0.39 is 5.60 Å². The van der Waals surface area contributed by atoms with E-state index in [4.69, 9.17) is 0 Å². The third kappa shape index (κ3) is 5.38. The molecule has 23 heavy (non-hydrogen) atoms. The Morgan fingerprint density at radius 1 is 1.13 bits per heavy atom. The molecule has 0 saturated heterocycles. The van der Waals surface area contributed by atoms with E-state index in [-0.39, 0.29) is 18.6 Å². The van der Waals surface area contributed by atoms with Gasteiger partial charge in [-0.05, 0) is 49.6 Å². The normalized spacial score (nSPS) is 12.5. The van der Waals surface area contributed by atoms with Gasteiger partial charge in [0.15, 0.2) is 0 Å². The zero-order valence-corrected chi connectivity index (χ0v) is 13.7. The Morgan fingerprint density at radius 2 is 1.70 bits per heavy atom. The smallest absolute Gasteiger partial charge is 0.315 e. The van der Waals surface area contributed by atoms with Crippen LogP contribution in [-0.2, 0) is 0 Å². The molecule has 3 N–H and O–H groups in total. The van der Waals surface area contributed by atoms with Crippen molar-refractivity contribution >= 4 is 6.03 Å². The van der Waals surface area contributed by atoms with Crippen LogP contribution in [0.4, 0.5) is 4.79 Å². The van der Waals surface area contributed by atoms with Crippen molar-refractivity contribution in [1.82, 2.24) is 15.6 Å². The van der Waals surface area contributed by atoms with Crippen LogP contribution in [0.3, 0.4) is 0 Å². The fraction of sp³-hybridized carbons (Fsp3) is 0.333. The number of benzene rings is 1. The Hall–Kier alpha value is -2.40. The van der Waals surface area contributed by atoms with Crippen molar-refractivity contribution in [2.75, 3.05) is 6.54 Å². The number of amides is 2. The number of rotatable bonds is 5. The van der Waals surface area contributed by atoms with Gasteiger partial charge in [0.25, 0.3) is 0 Å². The van der Waals surface area contributed by atoms with Crippen LogP contribution < -0.4 is 10.6 Å². The molecule has 0 saturated carbocycles. The molecule has 1 aromatic heterocycles. The topological polar surface area (TPSA) is 74.2 Å². The van der Waals surface area contributed by atoms with Crippen LogP contribution in [0.5, 0.6) is 0 Å². The Morgan fingerprint density at radius 3 is 2.26 bits per heavy atom. The van der Waals surface area contributed by atoms with Gasteiger partial charge in [0.2, 0.25) is 0 Å². The molecule has 0 radical (unpaired) electrons. The zero-order valence-electron chi connectivity index (χ0n) is 13.7. The molecular formula is C18H23N3O2. The molecule has 2 rings (SSSR count). The summed E-state index contributed by atoms with van der Waals surface area (Å²) in [5.74, 6) is 0. The van der Waals surface area contributed by atoms with Crippen molar-refractivity contribution < 1.29 is 9.90 Å². The molecular weight excluding hydrogens is 290 g/mol. The number of pyridine rings is 1. The molecule has 1 atom stereocenters. The van der Waals surface area contributed by atoms with E-state index in [1.54, 1.807) is 26.2 Å². The highest BCUT2D eigenvalue weighted by atomic mass is 16.3. The molecule has 2 aromatic rings. The third-order valence-electron chi connectivity index (χ3n) is 3.45. The molecule has 0 aliphatic carbocycles. The molecule has 1 aromatic carbocycles. The first kappa shape index (κ1) is 17.0. The monoisotopic (exact) mass is 313 g/mol. The quantitative estimate of drug-likeness (QED) is 0.794. The van der Waals surface area contributed by atoms with Gasteiger partial charge in [-0.2, -0.15) is 0 Å². The number of carbonyl (C=O) groups is 1. The standard InChI is InChI=1S/C18H23N3O2/c1-13(21-17(22)20-12-18(2,3)23)14-4-6-15(7-5-14)16-8-10-19-11-9-16/h4-11,13,23H,12H2,1-3H3,(H2,20,21,22)/t13-/m1/s1. The van der Waals surface area contributed by atoms with Crippen LogP contribution in [0.15, 0.2) is 48.8 Å². The predicted octanol–water partition coefficient (Wildman–Crippen LogP) is 2.88. The first-order chi connectivity index (χ1) is 10.8. The van der Waals surface area contributed by atoms with Gasteiger partial charge < -0.3 is 15.7 Å². The van der Waals surface area contributed by atoms with Gasteiger partial charge in [-0.3, -0.25) is 4.98 Å². The lowest BCUT2D eigenvalue weighted by Crippen LogP contribution is -2.44. The van der Waals surface area contributed by atoms with Crippen LogP contribution in [0.25, 0.3) is 11.1 Å². The van der Waals surface area contributed by atoms with Crippen LogP contribution in [-0.4, -0.2) is 28.3 Å². The average Bonchev–Trinajstić information content (AvgIpc) is 2.53. The number of aliphatic hydroxyl groups is 1. The predicted molar refractivity (Wildman–Crippen MR) is 90.9 cm³/mol. The van der Waals surface area contributed by atoms with Crippen molar-refractivity contribution in [2.24, 2.45) is 0 Å². The summed E-state index contributed by atoms with van der Waals surface area (Å²) >= 11 is 0. The molecule has 5 heteroatoms. The summed E-state index contributed by atoms with van der Waals surface area (Å²) in [7, 11) is 0. The Kier molecular flexibility index (Phi) is 5.34. The lowest BCUT2D eigenvalue weighted by Gasteiger charge is -2.20. The first-order valence-corrected chi connectivity index (χ1v) is 7.62. The molecule has 5 nitrogen and oxygen atoms in total. The van der Waals surface area contributed by atoms with E-state index in [0.717, 1.165) is 16.7 Å². The maximum Gasteiger partial charge on any atom is 0.315 e. The number of carbonyl (C=O) groups excluding carboxylic acids is 1. The molecule has 122 valence electrons. The van der Waals surface area contributed by atoms with Crippen molar-refractivity contribution in [2.45, 2.75) is 32.4 Å². The summed E-state index contributed by atoms with van der Waals surface area (Å²) in [6, 6.07) is 11.5. The van der Waals surface area contributed by atoms with Crippen LogP contribution in [0.1, 0.15) is 32.4 Å². The largest absolute Gasteiger partial charge is 0.389 e. The van der Waals surface area contributed by atoms with Crippen molar-refractivity contribution in [3.8, 4) is 11.1 Å². The van der Waals surface area contributed by atoms with Gasteiger partial charge in [-0.15, -0.1) is 0 Å². The number of nitrogens with zero attached hydrogens (tertiary/aromatic N) is 1. The zero-order chi connectivity index (χ0) is 16.9. The minimum atomic E-state index is -0.924. The van der Waals surface area contributed by atoms with Crippen molar-refractivity contribution in [3.63, 3.8) is 0 Å². The summed E-state index contributed by atoms with van der Waals surface area (Å²) in [6.45, 7) is 5.42. The first-order valence-electron chi connectivity index (χ1n) is 7.62. The van der Waals surface area contributed by atoms with E-state index >= 15 is 0 Å². The van der Waals surface area contributed by atoms with Gasteiger partial charge in [0.1, 0.15) is 0 Å². The summed E-state index contributed by atoms with van der Waals surface area (Å²) in [5.41, 5.74) is 2.30. The molecule has 0 spiro atoms. The van der Waals surface area contributed by atoms with E-state index in [1.165, 1.54) is 0 Å². The van der Waals surface area contributed by atoms with Gasteiger partial charge in [0.05, 0.1) is 11.6 Å². The number of urea groups is 1. The second-order valence-electron chi connectivity index (χ2n) is 6.22. The van der Waals surface area contributed by atoms with Crippen molar-refractivity contribution in [1.29, 1.82) is 0 Å². The van der Waals surface area contributed by atoms with Gasteiger partial charge in [-0.1, -0.05) is 24.3 Å². The maximum atomic E-state index is 11.8. The van der Waals surface area contributed by atoms with E-state index in [1.807, 2.05) is 43.3 Å². The van der Waals surface area contributed by atoms with Gasteiger partial charge in [-0.25, -0.2) is 4.79 Å². The van der Waals surface area contributed by atoms with E-state index in [2.05, 4.69) is 15.6 Å². The highest BCUT2D eigenvalue weighted by Crippen LogP contribution is 2.21. The summed E-state index contributed by atoms with van der Waals surface area (Å²) < 4.78 is 0. The average molecular weight is 313 g/mol. The van der Waals surface area contributed by atoms with E-state index in [9.17, 15) is 9.90 Å². The van der Waals surface area contributed by atoms with Crippen LogP contribution >= 0.6 is 0 Å². The molecule has 0 aliphatic heterocycles. The van der Waals surface area contributed by atoms with Crippen molar-refractivity contribution in [3.05, 3.63) is 54.4 Å².